The number of aromatic nitrogens is 2. The summed E-state index contributed by atoms with van der Waals surface area (Å²) in [6.45, 7) is 1.92. The minimum Gasteiger partial charge on any atom is -0.326 e. The maximum Gasteiger partial charge on any atom is 0.258 e. The number of amides is 1. The van der Waals surface area contributed by atoms with Gasteiger partial charge in [0.25, 0.3) is 5.56 Å². The normalized spacial score (nSPS) is 17.9. The number of aryl methyl sites for hydroxylation is 1. The Bertz CT molecular complexity index is 1150. The average Bonchev–Trinajstić information content (AvgIpc) is 2.67. The van der Waals surface area contributed by atoms with Crippen LogP contribution in [0.15, 0.2) is 59.4 Å². The van der Waals surface area contributed by atoms with Crippen LogP contribution in [0.4, 0.5) is 17.5 Å². The molecule has 1 aliphatic rings. The van der Waals surface area contributed by atoms with E-state index in [1.54, 1.807) is 0 Å². The van der Waals surface area contributed by atoms with Crippen LogP contribution < -0.4 is 16.2 Å². The number of carbonyl (C=O) groups excluding carboxylic acids is 1. The van der Waals surface area contributed by atoms with Gasteiger partial charge in [-0.2, -0.15) is 10.2 Å². The van der Waals surface area contributed by atoms with Gasteiger partial charge in [0.1, 0.15) is 11.7 Å². The summed E-state index contributed by atoms with van der Waals surface area (Å²) in [7, 11) is 0. The van der Waals surface area contributed by atoms with E-state index < -0.39 is 23.3 Å². The predicted molar refractivity (Wildman–Crippen MR) is 105 cm³/mol. The molecule has 0 unspecified atom stereocenters. The number of fused-ring (bicyclic) bond motifs is 1. The van der Waals surface area contributed by atoms with Crippen molar-refractivity contribution in [2.75, 3.05) is 10.6 Å². The van der Waals surface area contributed by atoms with Crippen molar-refractivity contribution in [3.05, 3.63) is 81.6 Å². The summed E-state index contributed by atoms with van der Waals surface area (Å²) >= 11 is 0. The van der Waals surface area contributed by atoms with Crippen molar-refractivity contribution in [3.8, 4) is 6.07 Å². The van der Waals surface area contributed by atoms with E-state index in [0.717, 1.165) is 16.8 Å². The van der Waals surface area contributed by atoms with E-state index >= 15 is 0 Å². The van der Waals surface area contributed by atoms with Crippen LogP contribution in [0.3, 0.4) is 0 Å². The van der Waals surface area contributed by atoms with Crippen LogP contribution >= 0.6 is 0 Å². The molecule has 0 saturated carbocycles. The summed E-state index contributed by atoms with van der Waals surface area (Å²) in [6, 6.07) is 18.8. The molecule has 7 heteroatoms. The molecule has 28 heavy (non-hydrogen) atoms. The summed E-state index contributed by atoms with van der Waals surface area (Å²) < 4.78 is 0. The van der Waals surface area contributed by atoms with Gasteiger partial charge in [-0.3, -0.25) is 14.6 Å². The summed E-state index contributed by atoms with van der Waals surface area (Å²) in [5, 5.41) is 15.2. The first kappa shape index (κ1) is 17.5. The fourth-order valence-electron chi connectivity index (χ4n) is 3.45. The second kappa shape index (κ2) is 7.00. The Balaban J connectivity index is 1.83. The number of nitrogens with one attached hydrogen (secondary N) is 3. The van der Waals surface area contributed by atoms with E-state index in [9.17, 15) is 14.9 Å². The van der Waals surface area contributed by atoms with E-state index in [1.165, 1.54) is 0 Å². The van der Waals surface area contributed by atoms with Crippen LogP contribution in [0.1, 0.15) is 22.6 Å². The Morgan fingerprint density at radius 1 is 1.11 bits per heavy atom. The number of nitriles is 1. The standard InChI is InChI=1S/C21H17N5O2/c1-12-6-5-7-13(10-12)16-15(11-22)19(27)24-18-17(16)20(28)26-21(25-18)23-14-8-3-2-4-9-14/h2-10,15-16H,1H3,(H3,23,24,25,26,27,28)/t15-,16+/m0/s1. The number of hydrogen-bond donors (Lipinski definition) is 3. The Labute approximate surface area is 161 Å². The molecular formula is C21H17N5O2. The molecule has 3 N–H and O–H groups in total. The van der Waals surface area contributed by atoms with Crippen molar-refractivity contribution in [2.45, 2.75) is 12.8 Å². The van der Waals surface area contributed by atoms with Crippen molar-refractivity contribution in [2.24, 2.45) is 5.92 Å². The number of benzene rings is 2. The third-order valence-corrected chi connectivity index (χ3v) is 4.70. The highest BCUT2D eigenvalue weighted by Crippen LogP contribution is 2.38. The molecule has 0 radical (unpaired) electrons. The number of hydrogen-bond acceptors (Lipinski definition) is 5. The summed E-state index contributed by atoms with van der Waals surface area (Å²) in [5.74, 6) is -1.77. The number of aromatic amines is 1. The molecule has 0 aliphatic carbocycles. The molecule has 1 aromatic heterocycles. The average molecular weight is 371 g/mol. The summed E-state index contributed by atoms with van der Waals surface area (Å²) in [5.41, 5.74) is 2.36. The molecule has 2 heterocycles. The lowest BCUT2D eigenvalue weighted by Gasteiger charge is -2.28. The van der Waals surface area contributed by atoms with Gasteiger partial charge in [-0.05, 0) is 24.6 Å². The largest absolute Gasteiger partial charge is 0.326 e. The van der Waals surface area contributed by atoms with E-state index in [1.807, 2.05) is 67.6 Å². The highest BCUT2D eigenvalue weighted by Gasteiger charge is 2.40. The molecule has 0 spiro atoms. The monoisotopic (exact) mass is 371 g/mol. The number of anilines is 3. The third-order valence-electron chi connectivity index (χ3n) is 4.70. The first-order valence-electron chi connectivity index (χ1n) is 8.80. The lowest BCUT2D eigenvalue weighted by molar-refractivity contribution is -0.119. The van der Waals surface area contributed by atoms with Gasteiger partial charge in [0.2, 0.25) is 11.9 Å². The van der Waals surface area contributed by atoms with E-state index in [4.69, 9.17) is 0 Å². The highest BCUT2D eigenvalue weighted by molar-refractivity contribution is 5.98. The Kier molecular flexibility index (Phi) is 4.38. The quantitative estimate of drug-likeness (QED) is 0.655. The minimum atomic E-state index is -1.01. The molecule has 4 rings (SSSR count). The number of carbonyl (C=O) groups is 1. The van der Waals surface area contributed by atoms with Gasteiger partial charge >= 0.3 is 0 Å². The molecule has 3 aromatic rings. The van der Waals surface area contributed by atoms with E-state index in [0.29, 0.717) is 0 Å². The SMILES string of the molecule is Cc1cccc([C@H]2c3c(nc(Nc4ccccc4)[nH]c3=O)NC(=O)[C@H]2C#N)c1. The van der Waals surface area contributed by atoms with Crippen LogP contribution in [0.25, 0.3) is 0 Å². The Morgan fingerprint density at radius 2 is 1.89 bits per heavy atom. The van der Waals surface area contributed by atoms with Crippen LogP contribution in [-0.4, -0.2) is 15.9 Å². The first-order chi connectivity index (χ1) is 13.6. The smallest absolute Gasteiger partial charge is 0.258 e. The van der Waals surface area contributed by atoms with Crippen molar-refractivity contribution in [3.63, 3.8) is 0 Å². The lowest BCUT2D eigenvalue weighted by atomic mass is 9.79. The number of nitrogens with zero attached hydrogens (tertiary/aromatic N) is 2. The maximum absolute atomic E-state index is 12.9. The van der Waals surface area contributed by atoms with Crippen LogP contribution in [0.2, 0.25) is 0 Å². The maximum atomic E-state index is 12.9. The second-order valence-electron chi connectivity index (χ2n) is 6.66. The van der Waals surface area contributed by atoms with Gasteiger partial charge in [0, 0.05) is 11.6 Å². The zero-order valence-electron chi connectivity index (χ0n) is 15.1. The molecule has 0 fully saturated rings. The predicted octanol–water partition coefficient (Wildman–Crippen LogP) is 3.05. The molecule has 2 atom stereocenters. The van der Waals surface area contributed by atoms with Gasteiger partial charge in [0.05, 0.1) is 11.6 Å². The Hall–Kier alpha value is -3.92. The first-order valence-corrected chi connectivity index (χ1v) is 8.80. The second-order valence-corrected chi connectivity index (χ2v) is 6.66. The van der Waals surface area contributed by atoms with Crippen LogP contribution in [0, 0.1) is 24.2 Å². The van der Waals surface area contributed by atoms with Gasteiger partial charge in [-0.25, -0.2) is 0 Å². The molecule has 1 aliphatic heterocycles. The van der Waals surface area contributed by atoms with Gasteiger partial charge < -0.3 is 10.6 Å². The van der Waals surface area contributed by atoms with Gasteiger partial charge in [-0.1, -0.05) is 48.0 Å². The topological polar surface area (TPSA) is 111 Å². The third kappa shape index (κ3) is 3.12. The number of para-hydroxylation sites is 1. The number of rotatable bonds is 3. The van der Waals surface area contributed by atoms with Crippen LogP contribution in [-0.2, 0) is 4.79 Å². The fourth-order valence-corrected chi connectivity index (χ4v) is 3.45. The Morgan fingerprint density at radius 3 is 2.61 bits per heavy atom. The van der Waals surface area contributed by atoms with Crippen molar-refractivity contribution >= 4 is 23.4 Å². The van der Waals surface area contributed by atoms with E-state index in [2.05, 4.69) is 20.6 Å². The molecule has 2 aromatic carbocycles. The van der Waals surface area contributed by atoms with Gasteiger partial charge in [0.15, 0.2) is 0 Å². The lowest BCUT2D eigenvalue weighted by Crippen LogP contribution is -2.38. The molecule has 7 nitrogen and oxygen atoms in total. The zero-order chi connectivity index (χ0) is 19.7. The highest BCUT2D eigenvalue weighted by atomic mass is 16.2. The van der Waals surface area contributed by atoms with Crippen molar-refractivity contribution in [1.82, 2.24) is 9.97 Å². The van der Waals surface area contributed by atoms with Crippen molar-refractivity contribution in [1.29, 1.82) is 5.26 Å². The molecule has 1 amide bonds. The van der Waals surface area contributed by atoms with Crippen LogP contribution in [0.5, 0.6) is 0 Å². The molecule has 0 bridgehead atoms. The minimum absolute atomic E-state index is 0.171. The number of H-pyrrole nitrogens is 1. The van der Waals surface area contributed by atoms with Crippen molar-refractivity contribution < 1.29 is 4.79 Å². The van der Waals surface area contributed by atoms with Gasteiger partial charge in [-0.15, -0.1) is 0 Å². The molecule has 0 saturated heterocycles. The summed E-state index contributed by atoms with van der Waals surface area (Å²) in [6.07, 6.45) is 0. The molecule has 138 valence electrons. The zero-order valence-corrected chi connectivity index (χ0v) is 15.1. The fraction of sp³-hybridized carbons (Fsp3) is 0.143. The van der Waals surface area contributed by atoms with E-state index in [-0.39, 0.29) is 17.3 Å². The summed E-state index contributed by atoms with van der Waals surface area (Å²) in [4.78, 5) is 32.5. The molecular weight excluding hydrogens is 354 g/mol.